The van der Waals surface area contributed by atoms with Gasteiger partial charge >= 0.3 is 0 Å². The molecule has 1 aromatic rings. The zero-order valence-corrected chi connectivity index (χ0v) is 12.4. The first-order valence-electron chi connectivity index (χ1n) is 6.58. The van der Waals surface area contributed by atoms with Crippen LogP contribution in [0.2, 0.25) is 5.02 Å². The minimum Gasteiger partial charge on any atom is -0.389 e. The number of nitrogens with two attached hydrogens (primary N) is 1. The first-order valence-corrected chi connectivity index (χ1v) is 7.36. The first-order chi connectivity index (χ1) is 9.16. The molecule has 19 heavy (non-hydrogen) atoms. The Kier molecular flexibility index (Phi) is 5.43. The van der Waals surface area contributed by atoms with E-state index in [9.17, 15) is 0 Å². The van der Waals surface area contributed by atoms with Crippen molar-refractivity contribution in [2.45, 2.75) is 19.3 Å². The minimum absolute atomic E-state index is 0.379. The SMILES string of the molecule is NC(=S)c1ccc(Cl)cc1NCCCOCC1CC1. The van der Waals surface area contributed by atoms with Crippen molar-refractivity contribution in [3.05, 3.63) is 28.8 Å². The zero-order chi connectivity index (χ0) is 13.7. The normalized spacial score (nSPS) is 14.4. The largest absolute Gasteiger partial charge is 0.389 e. The molecule has 3 N–H and O–H groups in total. The molecule has 0 radical (unpaired) electrons. The van der Waals surface area contributed by atoms with Gasteiger partial charge in [-0.25, -0.2) is 0 Å². The van der Waals surface area contributed by atoms with Gasteiger partial charge in [-0.1, -0.05) is 23.8 Å². The molecule has 1 fully saturated rings. The fraction of sp³-hybridized carbons (Fsp3) is 0.500. The highest BCUT2D eigenvalue weighted by atomic mass is 35.5. The molecule has 104 valence electrons. The van der Waals surface area contributed by atoms with Crippen LogP contribution in [0.15, 0.2) is 18.2 Å². The molecule has 0 heterocycles. The van der Waals surface area contributed by atoms with Gasteiger partial charge in [0, 0.05) is 36.0 Å². The van der Waals surface area contributed by atoms with Crippen LogP contribution in [0.25, 0.3) is 0 Å². The van der Waals surface area contributed by atoms with Crippen LogP contribution in [-0.4, -0.2) is 24.7 Å². The molecular weight excluding hydrogens is 280 g/mol. The summed E-state index contributed by atoms with van der Waals surface area (Å²) in [6.45, 7) is 2.52. The van der Waals surface area contributed by atoms with Gasteiger partial charge in [0.15, 0.2) is 0 Å². The highest BCUT2D eigenvalue weighted by molar-refractivity contribution is 7.80. The van der Waals surface area contributed by atoms with Crippen LogP contribution in [0.4, 0.5) is 5.69 Å². The van der Waals surface area contributed by atoms with Gasteiger partial charge < -0.3 is 15.8 Å². The summed E-state index contributed by atoms with van der Waals surface area (Å²) in [7, 11) is 0. The third-order valence-electron chi connectivity index (χ3n) is 3.08. The Morgan fingerprint density at radius 3 is 2.95 bits per heavy atom. The Hall–Kier alpha value is -0.840. The summed E-state index contributed by atoms with van der Waals surface area (Å²) in [6.07, 6.45) is 3.62. The summed E-state index contributed by atoms with van der Waals surface area (Å²) >= 11 is 11.0. The first kappa shape index (κ1) is 14.6. The molecule has 2 rings (SSSR count). The molecule has 0 bridgehead atoms. The standard InChI is InChI=1S/C14H19ClN2OS/c15-11-4-5-12(14(16)19)13(8-11)17-6-1-7-18-9-10-2-3-10/h4-5,8,10,17H,1-3,6-7,9H2,(H2,16,19). The topological polar surface area (TPSA) is 47.3 Å². The lowest BCUT2D eigenvalue weighted by atomic mass is 10.1. The maximum absolute atomic E-state index is 5.98. The van der Waals surface area contributed by atoms with E-state index in [0.717, 1.165) is 43.3 Å². The number of rotatable bonds is 8. The summed E-state index contributed by atoms with van der Waals surface area (Å²) in [4.78, 5) is 0.379. The van der Waals surface area contributed by atoms with E-state index < -0.39 is 0 Å². The number of thiocarbonyl (C=S) groups is 1. The number of benzene rings is 1. The van der Waals surface area contributed by atoms with E-state index in [2.05, 4.69) is 5.32 Å². The molecular formula is C14H19ClN2OS. The molecule has 1 saturated carbocycles. The van der Waals surface area contributed by atoms with E-state index in [1.807, 2.05) is 12.1 Å². The fourth-order valence-electron chi connectivity index (χ4n) is 1.81. The van der Waals surface area contributed by atoms with Crippen molar-refractivity contribution in [2.75, 3.05) is 25.1 Å². The minimum atomic E-state index is 0.379. The summed E-state index contributed by atoms with van der Waals surface area (Å²) in [5.74, 6) is 0.821. The Morgan fingerprint density at radius 1 is 1.47 bits per heavy atom. The van der Waals surface area contributed by atoms with Gasteiger partial charge in [0.25, 0.3) is 0 Å². The van der Waals surface area contributed by atoms with Crippen LogP contribution in [0.1, 0.15) is 24.8 Å². The fourth-order valence-corrected chi connectivity index (χ4v) is 2.16. The third kappa shape index (κ3) is 4.97. The van der Waals surface area contributed by atoms with Crippen LogP contribution in [0.3, 0.4) is 0 Å². The lowest BCUT2D eigenvalue weighted by Crippen LogP contribution is -2.14. The van der Waals surface area contributed by atoms with Crippen molar-refractivity contribution in [1.29, 1.82) is 0 Å². The van der Waals surface area contributed by atoms with E-state index >= 15 is 0 Å². The Balaban J connectivity index is 1.74. The molecule has 0 unspecified atom stereocenters. The maximum Gasteiger partial charge on any atom is 0.106 e. The summed E-state index contributed by atoms with van der Waals surface area (Å²) in [6, 6.07) is 5.48. The summed E-state index contributed by atoms with van der Waals surface area (Å²) in [5.41, 5.74) is 7.40. The summed E-state index contributed by atoms with van der Waals surface area (Å²) in [5, 5.41) is 3.98. The zero-order valence-electron chi connectivity index (χ0n) is 10.8. The highest BCUT2D eigenvalue weighted by Crippen LogP contribution is 2.28. The Labute approximate surface area is 124 Å². The van der Waals surface area contributed by atoms with Gasteiger partial charge in [0.2, 0.25) is 0 Å². The van der Waals surface area contributed by atoms with E-state index in [4.69, 9.17) is 34.3 Å². The Bertz CT molecular complexity index is 449. The van der Waals surface area contributed by atoms with E-state index in [0.29, 0.717) is 10.0 Å². The molecule has 1 aliphatic carbocycles. The van der Waals surface area contributed by atoms with Gasteiger partial charge in [0.05, 0.1) is 0 Å². The molecule has 5 heteroatoms. The van der Waals surface area contributed by atoms with Crippen LogP contribution in [-0.2, 0) is 4.74 Å². The molecule has 0 aliphatic heterocycles. The van der Waals surface area contributed by atoms with E-state index in [-0.39, 0.29) is 0 Å². The van der Waals surface area contributed by atoms with E-state index in [1.54, 1.807) is 6.07 Å². The number of hydrogen-bond donors (Lipinski definition) is 2. The van der Waals surface area contributed by atoms with Crippen LogP contribution < -0.4 is 11.1 Å². The molecule has 0 atom stereocenters. The Morgan fingerprint density at radius 2 is 2.26 bits per heavy atom. The smallest absolute Gasteiger partial charge is 0.106 e. The van der Waals surface area contributed by atoms with Crippen molar-refractivity contribution in [2.24, 2.45) is 11.7 Å². The number of hydrogen-bond acceptors (Lipinski definition) is 3. The number of halogens is 1. The average Bonchev–Trinajstić information content (AvgIpc) is 3.17. The molecule has 0 saturated heterocycles. The van der Waals surface area contributed by atoms with Crippen molar-refractivity contribution in [3.8, 4) is 0 Å². The van der Waals surface area contributed by atoms with Crippen LogP contribution in [0.5, 0.6) is 0 Å². The number of ether oxygens (including phenoxy) is 1. The van der Waals surface area contributed by atoms with Gasteiger partial charge in [-0.05, 0) is 43.4 Å². The lowest BCUT2D eigenvalue weighted by Gasteiger charge is -2.11. The number of anilines is 1. The van der Waals surface area contributed by atoms with Crippen molar-refractivity contribution < 1.29 is 4.74 Å². The van der Waals surface area contributed by atoms with Gasteiger partial charge in [0.1, 0.15) is 4.99 Å². The second kappa shape index (κ2) is 7.08. The van der Waals surface area contributed by atoms with Gasteiger partial charge in [-0.2, -0.15) is 0 Å². The average molecular weight is 299 g/mol. The number of nitrogens with one attached hydrogen (secondary N) is 1. The molecule has 1 aromatic carbocycles. The quantitative estimate of drug-likeness (QED) is 0.571. The predicted octanol–water partition coefficient (Wildman–Crippen LogP) is 3.20. The van der Waals surface area contributed by atoms with E-state index in [1.165, 1.54) is 12.8 Å². The predicted molar refractivity (Wildman–Crippen MR) is 84.0 cm³/mol. The lowest BCUT2D eigenvalue weighted by molar-refractivity contribution is 0.124. The van der Waals surface area contributed by atoms with Crippen LogP contribution >= 0.6 is 23.8 Å². The summed E-state index contributed by atoms with van der Waals surface area (Å²) < 4.78 is 5.58. The second-order valence-electron chi connectivity index (χ2n) is 4.85. The molecule has 0 aromatic heterocycles. The highest BCUT2D eigenvalue weighted by Gasteiger charge is 2.20. The maximum atomic E-state index is 5.98. The van der Waals surface area contributed by atoms with Gasteiger partial charge in [-0.3, -0.25) is 0 Å². The third-order valence-corrected chi connectivity index (χ3v) is 3.53. The van der Waals surface area contributed by atoms with Gasteiger partial charge in [-0.15, -0.1) is 0 Å². The molecule has 3 nitrogen and oxygen atoms in total. The molecule has 0 amide bonds. The van der Waals surface area contributed by atoms with Crippen molar-refractivity contribution in [1.82, 2.24) is 0 Å². The molecule has 1 aliphatic rings. The monoisotopic (exact) mass is 298 g/mol. The molecule has 0 spiro atoms. The van der Waals surface area contributed by atoms with Crippen LogP contribution in [0, 0.1) is 5.92 Å². The van der Waals surface area contributed by atoms with Crippen molar-refractivity contribution >= 4 is 34.5 Å². The van der Waals surface area contributed by atoms with Crippen molar-refractivity contribution in [3.63, 3.8) is 0 Å². The second-order valence-corrected chi connectivity index (χ2v) is 5.73.